The summed E-state index contributed by atoms with van der Waals surface area (Å²) in [5, 5.41) is 11.2. The summed E-state index contributed by atoms with van der Waals surface area (Å²) in [6.45, 7) is 1.16. The fraction of sp³-hybridized carbons (Fsp3) is 0.444. The van der Waals surface area contributed by atoms with Gasteiger partial charge in [0.2, 0.25) is 0 Å². The Morgan fingerprint density at radius 3 is 2.73 bits per heavy atom. The van der Waals surface area contributed by atoms with Crippen LogP contribution < -0.4 is 5.32 Å². The van der Waals surface area contributed by atoms with E-state index >= 15 is 0 Å². The molecule has 0 amide bonds. The van der Waals surface area contributed by atoms with Crippen LogP contribution in [0.3, 0.4) is 0 Å². The molecule has 1 aromatic rings. The van der Waals surface area contributed by atoms with Crippen molar-refractivity contribution in [2.75, 3.05) is 11.9 Å². The molecule has 3 nitrogen and oxygen atoms in total. The number of rotatable bonds is 3. The predicted molar refractivity (Wildman–Crippen MR) is 49.5 cm³/mol. The molecule has 2 N–H and O–H groups in total. The molecule has 1 aromatic heterocycles. The molecule has 0 saturated carbocycles. The number of pyridine rings is 1. The lowest BCUT2D eigenvalue weighted by Gasteiger charge is -2.16. The molecule has 0 saturated heterocycles. The van der Waals surface area contributed by atoms with Crippen molar-refractivity contribution < 1.29 is 18.3 Å². The van der Waals surface area contributed by atoms with Crippen molar-refractivity contribution in [2.45, 2.75) is 19.2 Å². The third-order valence-electron chi connectivity index (χ3n) is 1.88. The molecule has 15 heavy (non-hydrogen) atoms. The SMILES string of the molecule is Cc1cnccc1NCC(O)C(F)(F)F. The summed E-state index contributed by atoms with van der Waals surface area (Å²) in [4.78, 5) is 3.80. The van der Waals surface area contributed by atoms with Gasteiger partial charge >= 0.3 is 6.18 Å². The maximum atomic E-state index is 12.0. The first-order chi connectivity index (χ1) is 6.91. The van der Waals surface area contributed by atoms with Gasteiger partial charge in [-0.3, -0.25) is 4.98 Å². The summed E-state index contributed by atoms with van der Waals surface area (Å²) in [7, 11) is 0. The number of aryl methyl sites for hydroxylation is 1. The van der Waals surface area contributed by atoms with Gasteiger partial charge in [0.1, 0.15) is 0 Å². The van der Waals surface area contributed by atoms with E-state index in [1.165, 1.54) is 12.4 Å². The van der Waals surface area contributed by atoms with Crippen molar-refractivity contribution in [3.63, 3.8) is 0 Å². The van der Waals surface area contributed by atoms with Gasteiger partial charge < -0.3 is 10.4 Å². The van der Waals surface area contributed by atoms with E-state index in [0.29, 0.717) is 5.69 Å². The molecule has 84 valence electrons. The Labute approximate surface area is 85.0 Å². The van der Waals surface area contributed by atoms with Crippen LogP contribution in [0.25, 0.3) is 0 Å². The summed E-state index contributed by atoms with van der Waals surface area (Å²) in [6.07, 6.45) is -3.95. The van der Waals surface area contributed by atoms with Crippen molar-refractivity contribution in [2.24, 2.45) is 0 Å². The van der Waals surface area contributed by atoms with Crippen molar-refractivity contribution in [1.29, 1.82) is 0 Å². The molecule has 0 aliphatic heterocycles. The molecular weight excluding hydrogens is 209 g/mol. The largest absolute Gasteiger partial charge is 0.416 e. The quantitative estimate of drug-likeness (QED) is 0.815. The number of aliphatic hydroxyl groups is 1. The minimum absolute atomic E-state index is 0.535. The number of nitrogens with zero attached hydrogens (tertiary/aromatic N) is 1. The molecule has 6 heteroatoms. The third kappa shape index (κ3) is 3.39. The number of halogens is 3. The number of nitrogens with one attached hydrogen (secondary N) is 1. The lowest BCUT2D eigenvalue weighted by Crippen LogP contribution is -2.35. The van der Waals surface area contributed by atoms with Crippen molar-refractivity contribution >= 4 is 5.69 Å². The first kappa shape index (κ1) is 11.8. The summed E-state index contributed by atoms with van der Waals surface area (Å²) in [6, 6.07) is 1.55. The van der Waals surface area contributed by atoms with Crippen LogP contribution in [0.4, 0.5) is 18.9 Å². The monoisotopic (exact) mass is 220 g/mol. The van der Waals surface area contributed by atoms with E-state index in [4.69, 9.17) is 5.11 Å². The van der Waals surface area contributed by atoms with E-state index in [2.05, 4.69) is 10.3 Å². The highest BCUT2D eigenvalue weighted by Gasteiger charge is 2.37. The first-order valence-corrected chi connectivity index (χ1v) is 4.30. The molecular formula is C9H11F3N2O. The second kappa shape index (κ2) is 4.48. The van der Waals surface area contributed by atoms with Gasteiger partial charge in [0.25, 0.3) is 0 Å². The van der Waals surface area contributed by atoms with Gasteiger partial charge in [-0.1, -0.05) is 0 Å². The molecule has 0 aliphatic rings. The maximum Gasteiger partial charge on any atom is 0.416 e. The van der Waals surface area contributed by atoms with Gasteiger partial charge in [-0.15, -0.1) is 0 Å². The molecule has 0 aliphatic carbocycles. The van der Waals surface area contributed by atoms with Crippen molar-refractivity contribution in [3.05, 3.63) is 24.0 Å². The zero-order chi connectivity index (χ0) is 11.5. The molecule has 1 rings (SSSR count). The van der Waals surface area contributed by atoms with Gasteiger partial charge in [0.15, 0.2) is 6.10 Å². The third-order valence-corrected chi connectivity index (χ3v) is 1.88. The topological polar surface area (TPSA) is 45.2 Å². The van der Waals surface area contributed by atoms with Crippen LogP contribution in [-0.4, -0.2) is 28.9 Å². The lowest BCUT2D eigenvalue weighted by atomic mass is 10.2. The van der Waals surface area contributed by atoms with Crippen molar-refractivity contribution in [1.82, 2.24) is 4.98 Å². The van der Waals surface area contributed by atoms with E-state index in [1.54, 1.807) is 13.0 Å². The highest BCUT2D eigenvalue weighted by atomic mass is 19.4. The molecule has 0 spiro atoms. The van der Waals surface area contributed by atoms with E-state index in [1.807, 2.05) is 0 Å². The highest BCUT2D eigenvalue weighted by Crippen LogP contribution is 2.21. The van der Waals surface area contributed by atoms with E-state index in [0.717, 1.165) is 5.56 Å². The Hall–Kier alpha value is -1.30. The Bertz CT molecular complexity index is 327. The molecule has 0 bridgehead atoms. The van der Waals surface area contributed by atoms with E-state index in [9.17, 15) is 13.2 Å². The van der Waals surface area contributed by atoms with E-state index in [-0.39, 0.29) is 0 Å². The molecule has 0 fully saturated rings. The predicted octanol–water partition coefficient (Wildman–Crippen LogP) is 1.73. The zero-order valence-corrected chi connectivity index (χ0v) is 8.04. The number of alkyl halides is 3. The van der Waals surface area contributed by atoms with Gasteiger partial charge in [-0.25, -0.2) is 0 Å². The molecule has 1 heterocycles. The summed E-state index contributed by atoms with van der Waals surface area (Å²) in [5.41, 5.74) is 1.26. The van der Waals surface area contributed by atoms with Crippen LogP contribution in [0.1, 0.15) is 5.56 Å². The number of anilines is 1. The average molecular weight is 220 g/mol. The first-order valence-electron chi connectivity index (χ1n) is 4.30. The Kier molecular flexibility index (Phi) is 3.52. The minimum atomic E-state index is -4.59. The second-order valence-corrected chi connectivity index (χ2v) is 3.13. The molecule has 1 atom stereocenters. The molecule has 0 radical (unpaired) electrons. The number of aromatic nitrogens is 1. The fourth-order valence-corrected chi connectivity index (χ4v) is 0.994. The number of hydrogen-bond donors (Lipinski definition) is 2. The highest BCUT2D eigenvalue weighted by molar-refractivity contribution is 5.48. The van der Waals surface area contributed by atoms with E-state index < -0.39 is 18.8 Å². The fourth-order valence-electron chi connectivity index (χ4n) is 0.994. The summed E-state index contributed by atoms with van der Waals surface area (Å²) in [5.74, 6) is 0. The smallest absolute Gasteiger partial charge is 0.382 e. The Balaban J connectivity index is 2.55. The van der Waals surface area contributed by atoms with Crippen molar-refractivity contribution in [3.8, 4) is 0 Å². The van der Waals surface area contributed by atoms with Gasteiger partial charge in [0.05, 0.1) is 0 Å². The summed E-state index contributed by atoms with van der Waals surface area (Å²) < 4.78 is 35.9. The van der Waals surface area contributed by atoms with Crippen LogP contribution in [0.2, 0.25) is 0 Å². The molecule has 0 aromatic carbocycles. The maximum absolute atomic E-state index is 12.0. The Morgan fingerprint density at radius 1 is 1.53 bits per heavy atom. The van der Waals surface area contributed by atoms with Crippen LogP contribution in [0, 0.1) is 6.92 Å². The summed E-state index contributed by atoms with van der Waals surface area (Å²) >= 11 is 0. The second-order valence-electron chi connectivity index (χ2n) is 3.13. The Morgan fingerprint density at radius 2 is 2.20 bits per heavy atom. The minimum Gasteiger partial charge on any atom is -0.382 e. The van der Waals surface area contributed by atoms with Crippen LogP contribution >= 0.6 is 0 Å². The average Bonchev–Trinajstić information content (AvgIpc) is 2.14. The van der Waals surface area contributed by atoms with Gasteiger partial charge in [-0.05, 0) is 18.6 Å². The zero-order valence-electron chi connectivity index (χ0n) is 8.04. The van der Waals surface area contributed by atoms with Crippen LogP contribution in [-0.2, 0) is 0 Å². The number of aliphatic hydroxyl groups excluding tert-OH is 1. The lowest BCUT2D eigenvalue weighted by molar-refractivity contribution is -0.198. The normalized spacial score (nSPS) is 13.7. The van der Waals surface area contributed by atoms with Gasteiger partial charge in [-0.2, -0.15) is 13.2 Å². The van der Waals surface area contributed by atoms with Crippen LogP contribution in [0.5, 0.6) is 0 Å². The van der Waals surface area contributed by atoms with Gasteiger partial charge in [0, 0.05) is 24.6 Å². The van der Waals surface area contributed by atoms with Crippen LogP contribution in [0.15, 0.2) is 18.5 Å². The number of hydrogen-bond acceptors (Lipinski definition) is 3. The molecule has 1 unspecified atom stereocenters. The standard InChI is InChI=1S/C9H11F3N2O/c1-6-4-13-3-2-7(6)14-5-8(15)9(10,11)12/h2-4,8,15H,5H2,1H3,(H,13,14).